The number of carbonyl (C=O) groups is 1. The van der Waals surface area contributed by atoms with Crippen LogP contribution in [0.1, 0.15) is 18.9 Å². The molecule has 0 aliphatic carbocycles. The van der Waals surface area contributed by atoms with Gasteiger partial charge in [0.15, 0.2) is 9.84 Å². The molecular weight excluding hydrogens is 274 g/mol. The van der Waals surface area contributed by atoms with Gasteiger partial charge < -0.3 is 4.90 Å². The van der Waals surface area contributed by atoms with Gasteiger partial charge >= 0.3 is 0 Å². The predicted octanol–water partition coefficient (Wildman–Crippen LogP) is 1.96. The van der Waals surface area contributed by atoms with Gasteiger partial charge in [0.05, 0.1) is 5.75 Å². The fourth-order valence-electron chi connectivity index (χ4n) is 2.36. The summed E-state index contributed by atoms with van der Waals surface area (Å²) in [7, 11) is -3.37. The highest BCUT2D eigenvalue weighted by Crippen LogP contribution is 2.26. The van der Waals surface area contributed by atoms with Crippen molar-refractivity contribution in [2.45, 2.75) is 19.8 Å². The Kier molecular flexibility index (Phi) is 4.60. The highest BCUT2D eigenvalue weighted by Gasteiger charge is 2.25. The van der Waals surface area contributed by atoms with Gasteiger partial charge in [0, 0.05) is 12.2 Å². The van der Waals surface area contributed by atoms with Gasteiger partial charge in [-0.05, 0) is 31.4 Å². The molecule has 0 saturated carbocycles. The van der Waals surface area contributed by atoms with Crippen LogP contribution in [-0.4, -0.2) is 32.4 Å². The van der Waals surface area contributed by atoms with Crippen LogP contribution in [0.5, 0.6) is 0 Å². The SMILES string of the molecule is C/C=C/CS(=O)(=O)CC(=O)N1CCCc2ccccc21. The summed E-state index contributed by atoms with van der Waals surface area (Å²) < 4.78 is 23.7. The number of hydrogen-bond donors (Lipinski definition) is 0. The van der Waals surface area contributed by atoms with Gasteiger partial charge in [-0.2, -0.15) is 0 Å². The first-order valence-corrected chi connectivity index (χ1v) is 8.55. The minimum Gasteiger partial charge on any atom is -0.311 e. The first-order valence-electron chi connectivity index (χ1n) is 6.73. The molecule has 1 aromatic rings. The fourth-order valence-corrected chi connectivity index (χ4v) is 3.50. The zero-order valence-electron chi connectivity index (χ0n) is 11.6. The lowest BCUT2D eigenvalue weighted by Crippen LogP contribution is -2.39. The molecule has 0 aromatic heterocycles. The second-order valence-electron chi connectivity index (χ2n) is 4.90. The van der Waals surface area contributed by atoms with Crippen LogP contribution in [0.15, 0.2) is 36.4 Å². The molecule has 0 spiro atoms. The smallest absolute Gasteiger partial charge is 0.242 e. The van der Waals surface area contributed by atoms with Crippen LogP contribution in [0.25, 0.3) is 0 Å². The summed E-state index contributed by atoms with van der Waals surface area (Å²) in [6, 6.07) is 7.68. The molecule has 5 heteroatoms. The number of nitrogens with zero attached hydrogens (tertiary/aromatic N) is 1. The van der Waals surface area contributed by atoms with E-state index in [2.05, 4.69) is 0 Å². The average molecular weight is 293 g/mol. The van der Waals surface area contributed by atoms with Crippen molar-refractivity contribution in [2.75, 3.05) is 23.0 Å². The Balaban J connectivity index is 2.15. The number of benzene rings is 1. The maximum absolute atomic E-state index is 12.3. The third kappa shape index (κ3) is 3.48. The van der Waals surface area contributed by atoms with Gasteiger partial charge in [0.1, 0.15) is 5.75 Å². The summed E-state index contributed by atoms with van der Waals surface area (Å²) in [5, 5.41) is 0. The lowest BCUT2D eigenvalue weighted by Gasteiger charge is -2.29. The molecule has 1 aromatic carbocycles. The lowest BCUT2D eigenvalue weighted by atomic mass is 10.0. The Morgan fingerprint density at radius 3 is 2.85 bits per heavy atom. The predicted molar refractivity (Wildman–Crippen MR) is 80.6 cm³/mol. The molecule has 0 N–H and O–H groups in total. The maximum atomic E-state index is 12.3. The second-order valence-corrected chi connectivity index (χ2v) is 7.01. The Hall–Kier alpha value is -1.62. The Bertz CT molecular complexity index is 620. The number of anilines is 1. The topological polar surface area (TPSA) is 54.5 Å². The summed E-state index contributed by atoms with van der Waals surface area (Å²) >= 11 is 0. The Labute approximate surface area is 120 Å². The minimum atomic E-state index is -3.37. The van der Waals surface area contributed by atoms with Crippen molar-refractivity contribution >= 4 is 21.4 Å². The Morgan fingerprint density at radius 2 is 2.10 bits per heavy atom. The van der Waals surface area contributed by atoms with E-state index in [9.17, 15) is 13.2 Å². The third-order valence-corrected chi connectivity index (χ3v) is 4.73. The lowest BCUT2D eigenvalue weighted by molar-refractivity contribution is -0.116. The van der Waals surface area contributed by atoms with Crippen LogP contribution < -0.4 is 4.90 Å². The number of para-hydroxylation sites is 1. The van der Waals surface area contributed by atoms with E-state index in [0.29, 0.717) is 6.54 Å². The van der Waals surface area contributed by atoms with Crippen LogP contribution in [0.4, 0.5) is 5.69 Å². The van der Waals surface area contributed by atoms with E-state index >= 15 is 0 Å². The van der Waals surface area contributed by atoms with E-state index in [-0.39, 0.29) is 11.7 Å². The van der Waals surface area contributed by atoms with E-state index in [4.69, 9.17) is 0 Å². The maximum Gasteiger partial charge on any atom is 0.242 e. The molecule has 20 heavy (non-hydrogen) atoms. The van der Waals surface area contributed by atoms with Crippen LogP contribution in [0.2, 0.25) is 0 Å². The Morgan fingerprint density at radius 1 is 1.35 bits per heavy atom. The number of allylic oxidation sites excluding steroid dienone is 1. The monoisotopic (exact) mass is 293 g/mol. The summed E-state index contributed by atoms with van der Waals surface area (Å²) in [6.07, 6.45) is 5.05. The number of aryl methyl sites for hydroxylation is 1. The van der Waals surface area contributed by atoms with E-state index in [1.54, 1.807) is 24.0 Å². The zero-order valence-corrected chi connectivity index (χ0v) is 12.4. The van der Waals surface area contributed by atoms with Crippen molar-refractivity contribution in [1.82, 2.24) is 0 Å². The number of rotatable bonds is 4. The fraction of sp³-hybridized carbons (Fsp3) is 0.400. The molecule has 0 unspecified atom stereocenters. The first-order chi connectivity index (χ1) is 9.53. The second kappa shape index (κ2) is 6.22. The van der Waals surface area contributed by atoms with E-state index in [1.807, 2.05) is 24.3 Å². The van der Waals surface area contributed by atoms with Crippen molar-refractivity contribution in [3.63, 3.8) is 0 Å². The van der Waals surface area contributed by atoms with Gasteiger partial charge in [-0.3, -0.25) is 4.79 Å². The van der Waals surface area contributed by atoms with Gasteiger partial charge in [-0.15, -0.1) is 0 Å². The quantitative estimate of drug-likeness (QED) is 0.797. The molecule has 2 rings (SSSR count). The molecule has 0 saturated heterocycles. The molecule has 4 nitrogen and oxygen atoms in total. The molecule has 1 heterocycles. The highest BCUT2D eigenvalue weighted by atomic mass is 32.2. The van der Waals surface area contributed by atoms with Crippen LogP contribution >= 0.6 is 0 Å². The van der Waals surface area contributed by atoms with Gasteiger partial charge in [-0.1, -0.05) is 30.4 Å². The van der Waals surface area contributed by atoms with Gasteiger partial charge in [-0.25, -0.2) is 8.42 Å². The van der Waals surface area contributed by atoms with Crippen molar-refractivity contribution in [2.24, 2.45) is 0 Å². The molecule has 0 radical (unpaired) electrons. The standard InChI is InChI=1S/C15H19NO3S/c1-2-3-11-20(18,19)12-15(17)16-10-6-8-13-7-4-5-9-14(13)16/h2-5,7,9H,6,8,10-12H2,1H3/b3-2+. The van der Waals surface area contributed by atoms with Gasteiger partial charge in [0.25, 0.3) is 0 Å². The average Bonchev–Trinajstić information content (AvgIpc) is 2.44. The number of hydrogen-bond acceptors (Lipinski definition) is 3. The minimum absolute atomic E-state index is 0.0786. The molecule has 0 bridgehead atoms. The van der Waals surface area contributed by atoms with Gasteiger partial charge in [0.2, 0.25) is 5.91 Å². The third-order valence-electron chi connectivity index (χ3n) is 3.34. The van der Waals surface area contributed by atoms with Crippen molar-refractivity contribution in [3.8, 4) is 0 Å². The van der Waals surface area contributed by atoms with Crippen LogP contribution in [-0.2, 0) is 21.1 Å². The first kappa shape index (κ1) is 14.8. The highest BCUT2D eigenvalue weighted by molar-refractivity contribution is 7.92. The summed E-state index contributed by atoms with van der Waals surface area (Å²) in [5.41, 5.74) is 1.96. The zero-order chi connectivity index (χ0) is 14.6. The molecule has 0 fully saturated rings. The number of amides is 1. The molecule has 1 aliphatic heterocycles. The van der Waals surface area contributed by atoms with Crippen molar-refractivity contribution in [1.29, 1.82) is 0 Å². The summed E-state index contributed by atoms with van der Waals surface area (Å²) in [4.78, 5) is 13.9. The van der Waals surface area contributed by atoms with E-state index in [1.165, 1.54) is 0 Å². The summed E-state index contributed by atoms with van der Waals surface area (Å²) in [6.45, 7) is 2.35. The molecule has 1 amide bonds. The van der Waals surface area contributed by atoms with Crippen LogP contribution in [0, 0.1) is 0 Å². The molecule has 0 atom stereocenters. The summed E-state index contributed by atoms with van der Waals surface area (Å²) in [5.74, 6) is -0.835. The largest absolute Gasteiger partial charge is 0.311 e. The molecule has 1 aliphatic rings. The molecule has 108 valence electrons. The number of fused-ring (bicyclic) bond motifs is 1. The van der Waals surface area contributed by atoms with Crippen molar-refractivity contribution in [3.05, 3.63) is 42.0 Å². The van der Waals surface area contributed by atoms with Crippen LogP contribution in [0.3, 0.4) is 0 Å². The number of carbonyl (C=O) groups excluding carboxylic acids is 1. The van der Waals surface area contributed by atoms with E-state index < -0.39 is 15.6 Å². The molecular formula is C15H19NO3S. The number of sulfone groups is 1. The van der Waals surface area contributed by atoms with Crippen molar-refractivity contribution < 1.29 is 13.2 Å². The normalized spacial score (nSPS) is 15.3. The van der Waals surface area contributed by atoms with E-state index in [0.717, 1.165) is 24.1 Å².